The normalized spacial score (nSPS) is 26.8. The number of hydrogen-bond acceptors (Lipinski definition) is 6. The summed E-state index contributed by atoms with van der Waals surface area (Å²) in [6, 6.07) is 0. The molecule has 1 aromatic heterocycles. The van der Waals surface area contributed by atoms with E-state index in [1.807, 2.05) is 6.92 Å². The van der Waals surface area contributed by atoms with Crippen molar-refractivity contribution < 1.29 is 4.74 Å². The topological polar surface area (TPSA) is 47.0 Å². The smallest absolute Gasteiger partial charge is 0.174 e. The lowest BCUT2D eigenvalue weighted by molar-refractivity contribution is 0.0972. The number of aromatic nitrogens is 2. The van der Waals surface area contributed by atoms with Crippen molar-refractivity contribution in [2.75, 3.05) is 25.4 Å². The van der Waals surface area contributed by atoms with Crippen molar-refractivity contribution in [3.05, 3.63) is 5.01 Å². The van der Waals surface area contributed by atoms with Crippen LogP contribution in [-0.2, 0) is 4.74 Å². The van der Waals surface area contributed by atoms with Crippen LogP contribution >= 0.6 is 23.1 Å². The molecule has 3 heterocycles. The van der Waals surface area contributed by atoms with E-state index in [1.165, 1.54) is 19.3 Å². The van der Waals surface area contributed by atoms with E-state index in [-0.39, 0.29) is 0 Å². The second kappa shape index (κ2) is 5.45. The van der Waals surface area contributed by atoms with Crippen LogP contribution in [0, 0.1) is 12.3 Å². The van der Waals surface area contributed by atoms with Crippen LogP contribution in [0.1, 0.15) is 24.3 Å². The Balaban J connectivity index is 1.50. The van der Waals surface area contributed by atoms with Crippen molar-refractivity contribution in [1.29, 1.82) is 0 Å². The van der Waals surface area contributed by atoms with E-state index in [4.69, 9.17) is 4.74 Å². The molecule has 3 rings (SSSR count). The molecule has 18 heavy (non-hydrogen) atoms. The Morgan fingerprint density at radius 3 is 3.00 bits per heavy atom. The van der Waals surface area contributed by atoms with E-state index >= 15 is 0 Å². The van der Waals surface area contributed by atoms with E-state index in [0.29, 0.717) is 11.5 Å². The molecule has 2 aliphatic heterocycles. The maximum atomic E-state index is 5.98. The van der Waals surface area contributed by atoms with E-state index in [2.05, 4.69) is 15.5 Å². The van der Waals surface area contributed by atoms with Gasteiger partial charge >= 0.3 is 0 Å². The molecule has 4 nitrogen and oxygen atoms in total. The first kappa shape index (κ1) is 12.8. The fourth-order valence-corrected chi connectivity index (χ4v) is 4.67. The zero-order chi connectivity index (χ0) is 12.4. The van der Waals surface area contributed by atoms with Crippen LogP contribution in [-0.4, -0.2) is 41.8 Å². The van der Waals surface area contributed by atoms with E-state index in [9.17, 15) is 0 Å². The van der Waals surface area contributed by atoms with Crippen LogP contribution in [0.25, 0.3) is 0 Å². The van der Waals surface area contributed by atoms with Crippen molar-refractivity contribution in [3.63, 3.8) is 0 Å². The van der Waals surface area contributed by atoms with Crippen LogP contribution in [0.5, 0.6) is 0 Å². The average Bonchev–Trinajstić information content (AvgIpc) is 2.96. The number of hydrogen-bond donors (Lipinski definition) is 1. The van der Waals surface area contributed by atoms with Gasteiger partial charge in [0.2, 0.25) is 0 Å². The predicted molar refractivity (Wildman–Crippen MR) is 74.3 cm³/mol. The Kier molecular flexibility index (Phi) is 3.89. The Morgan fingerprint density at radius 1 is 1.44 bits per heavy atom. The van der Waals surface area contributed by atoms with Gasteiger partial charge < -0.3 is 10.1 Å². The number of rotatable bonds is 3. The Hall–Kier alpha value is -0.170. The Labute approximate surface area is 116 Å². The number of nitrogens with one attached hydrogen (secondary N) is 1. The molecule has 100 valence electrons. The van der Waals surface area contributed by atoms with Crippen molar-refractivity contribution in [2.24, 2.45) is 5.41 Å². The molecule has 0 bridgehead atoms. The van der Waals surface area contributed by atoms with Gasteiger partial charge in [0.1, 0.15) is 5.01 Å². The first-order valence-electron chi connectivity index (χ1n) is 6.51. The van der Waals surface area contributed by atoms with E-state index in [1.54, 1.807) is 23.1 Å². The molecule has 0 radical (unpaired) electrons. The fourth-order valence-electron chi connectivity index (χ4n) is 2.81. The molecule has 2 aliphatic rings. The highest BCUT2D eigenvalue weighted by molar-refractivity contribution is 8.01. The molecule has 0 saturated carbocycles. The van der Waals surface area contributed by atoms with Crippen LogP contribution in [0.2, 0.25) is 0 Å². The van der Waals surface area contributed by atoms with Gasteiger partial charge in [-0.1, -0.05) is 23.1 Å². The third-order valence-electron chi connectivity index (χ3n) is 3.85. The van der Waals surface area contributed by atoms with E-state index in [0.717, 1.165) is 34.8 Å². The lowest BCUT2D eigenvalue weighted by atomic mass is 9.77. The molecule has 1 N–H and O–H groups in total. The minimum absolute atomic E-state index is 0.400. The van der Waals surface area contributed by atoms with Gasteiger partial charge in [-0.2, -0.15) is 0 Å². The van der Waals surface area contributed by atoms with Gasteiger partial charge in [-0.3, -0.25) is 0 Å². The first-order chi connectivity index (χ1) is 8.76. The molecule has 1 atom stereocenters. The number of nitrogens with zero attached hydrogens (tertiary/aromatic N) is 2. The van der Waals surface area contributed by atoms with Gasteiger partial charge in [-0.15, -0.1) is 10.2 Å². The van der Waals surface area contributed by atoms with Crippen LogP contribution in [0.15, 0.2) is 4.34 Å². The third-order valence-corrected chi connectivity index (χ3v) is 5.95. The second-order valence-electron chi connectivity index (χ2n) is 5.29. The molecule has 2 saturated heterocycles. The van der Waals surface area contributed by atoms with Gasteiger partial charge in [0, 0.05) is 5.75 Å². The summed E-state index contributed by atoms with van der Waals surface area (Å²) in [6.45, 7) is 5.25. The molecule has 0 aliphatic carbocycles. The summed E-state index contributed by atoms with van der Waals surface area (Å²) in [6.07, 6.45) is 4.16. The molecule has 2 fully saturated rings. The minimum atomic E-state index is 0.400. The Morgan fingerprint density at radius 2 is 2.28 bits per heavy atom. The lowest BCUT2D eigenvalue weighted by Crippen LogP contribution is -2.37. The lowest BCUT2D eigenvalue weighted by Gasteiger charge is -2.32. The average molecular weight is 285 g/mol. The minimum Gasteiger partial charge on any atom is -0.377 e. The molecule has 0 aromatic carbocycles. The zero-order valence-electron chi connectivity index (χ0n) is 10.6. The zero-order valence-corrected chi connectivity index (χ0v) is 12.3. The third kappa shape index (κ3) is 2.87. The quantitative estimate of drug-likeness (QED) is 0.862. The summed E-state index contributed by atoms with van der Waals surface area (Å²) in [5.74, 6) is 1.02. The second-order valence-corrected chi connectivity index (χ2v) is 7.73. The molecule has 0 unspecified atom stereocenters. The summed E-state index contributed by atoms with van der Waals surface area (Å²) in [4.78, 5) is 0. The van der Waals surface area contributed by atoms with Crippen molar-refractivity contribution >= 4 is 23.1 Å². The molecular formula is C12H19N3OS2. The maximum Gasteiger partial charge on any atom is 0.174 e. The fraction of sp³-hybridized carbons (Fsp3) is 0.833. The molecular weight excluding hydrogens is 266 g/mol. The van der Waals surface area contributed by atoms with Crippen LogP contribution in [0.3, 0.4) is 0 Å². The van der Waals surface area contributed by atoms with Crippen molar-refractivity contribution in [1.82, 2.24) is 15.5 Å². The largest absolute Gasteiger partial charge is 0.377 e. The summed E-state index contributed by atoms with van der Waals surface area (Å²) < 4.78 is 7.05. The van der Waals surface area contributed by atoms with Crippen molar-refractivity contribution in [3.8, 4) is 0 Å². The number of thioether (sulfide) groups is 1. The van der Waals surface area contributed by atoms with E-state index < -0.39 is 0 Å². The van der Waals surface area contributed by atoms with Gasteiger partial charge in [0.25, 0.3) is 0 Å². The van der Waals surface area contributed by atoms with Gasteiger partial charge in [-0.25, -0.2) is 0 Å². The summed E-state index contributed by atoms with van der Waals surface area (Å²) >= 11 is 3.46. The highest BCUT2D eigenvalue weighted by atomic mass is 32.2. The van der Waals surface area contributed by atoms with Crippen LogP contribution < -0.4 is 5.32 Å². The predicted octanol–water partition coefficient (Wildman–Crippen LogP) is 2.10. The summed E-state index contributed by atoms with van der Waals surface area (Å²) in [5.41, 5.74) is 0.466. The monoisotopic (exact) mass is 285 g/mol. The highest BCUT2D eigenvalue weighted by Crippen LogP contribution is 2.41. The van der Waals surface area contributed by atoms with Gasteiger partial charge in [0.05, 0.1) is 12.7 Å². The Bertz CT molecular complexity index is 404. The summed E-state index contributed by atoms with van der Waals surface area (Å²) in [7, 11) is 0. The van der Waals surface area contributed by atoms with Gasteiger partial charge in [0.15, 0.2) is 4.34 Å². The van der Waals surface area contributed by atoms with Crippen LogP contribution in [0.4, 0.5) is 0 Å². The number of ether oxygens (including phenoxy) is 1. The molecule has 6 heteroatoms. The molecule has 1 spiro atoms. The first-order valence-corrected chi connectivity index (χ1v) is 8.31. The maximum absolute atomic E-state index is 5.98. The highest BCUT2D eigenvalue weighted by Gasteiger charge is 2.40. The molecule has 1 aromatic rings. The van der Waals surface area contributed by atoms with Gasteiger partial charge in [-0.05, 0) is 44.7 Å². The molecule has 0 amide bonds. The number of aryl methyl sites for hydroxylation is 1. The SMILES string of the molecule is Cc1nnc(SC[C@@H]2CC3(CCNCC3)CO2)s1. The number of piperidine rings is 1. The van der Waals surface area contributed by atoms with Crippen molar-refractivity contribution in [2.45, 2.75) is 36.6 Å². The summed E-state index contributed by atoms with van der Waals surface area (Å²) in [5, 5.41) is 12.7. The standard InChI is InChI=1S/C12H19N3OS2/c1-9-14-15-11(18-9)17-7-10-6-12(8-16-10)2-4-13-5-3-12/h10,13H,2-8H2,1H3/t10-/m0/s1.